The average Bonchev–Trinajstić information content (AvgIpc) is 2.35. The lowest BCUT2D eigenvalue weighted by Crippen LogP contribution is -2.39. The van der Waals surface area contributed by atoms with E-state index in [1.54, 1.807) is 0 Å². The first kappa shape index (κ1) is 17.7. The Kier molecular flexibility index (Phi) is 5.18. The third kappa shape index (κ3) is 4.05. The lowest BCUT2D eigenvalue weighted by Gasteiger charge is -2.18. The molecular formula is C11H14F4N2O3S. The van der Waals surface area contributed by atoms with Crippen molar-refractivity contribution in [2.75, 3.05) is 11.9 Å². The normalized spacial score (nSPS) is 15.6. The van der Waals surface area contributed by atoms with E-state index in [9.17, 15) is 31.1 Å². The smallest absolute Gasteiger partial charge is 0.392 e. The Morgan fingerprint density at radius 1 is 1.38 bits per heavy atom. The Morgan fingerprint density at radius 2 is 1.95 bits per heavy atom. The second kappa shape index (κ2) is 6.16. The van der Waals surface area contributed by atoms with Gasteiger partial charge in [-0.15, -0.1) is 0 Å². The molecule has 1 rings (SSSR count). The van der Waals surface area contributed by atoms with Gasteiger partial charge in [-0.1, -0.05) is 0 Å². The van der Waals surface area contributed by atoms with Gasteiger partial charge < -0.3 is 16.2 Å². The number of aliphatic hydroxyl groups is 1. The third-order valence-electron chi connectivity index (χ3n) is 2.69. The number of nitrogens with two attached hydrogens (primary N) is 1. The van der Waals surface area contributed by atoms with Crippen molar-refractivity contribution >= 4 is 15.5 Å². The van der Waals surface area contributed by atoms with Crippen LogP contribution in [0.1, 0.15) is 6.92 Å². The SMILES string of the molecule is CC(O)C(N)CNc1ccc(F)cc1S(=O)(=O)C(F)(F)F. The highest BCUT2D eigenvalue weighted by Gasteiger charge is 2.48. The van der Waals surface area contributed by atoms with Gasteiger partial charge in [0.05, 0.1) is 11.8 Å². The zero-order chi connectivity index (χ0) is 16.4. The fourth-order valence-electron chi connectivity index (χ4n) is 1.39. The van der Waals surface area contributed by atoms with Crippen LogP contribution in [0.25, 0.3) is 0 Å². The lowest BCUT2D eigenvalue weighted by atomic mass is 10.2. The van der Waals surface area contributed by atoms with Gasteiger partial charge in [0.2, 0.25) is 0 Å². The largest absolute Gasteiger partial charge is 0.501 e. The van der Waals surface area contributed by atoms with E-state index in [1.165, 1.54) is 6.92 Å². The number of anilines is 1. The number of sulfone groups is 1. The van der Waals surface area contributed by atoms with Gasteiger partial charge in [-0.3, -0.25) is 0 Å². The van der Waals surface area contributed by atoms with Crippen molar-refractivity contribution in [3.8, 4) is 0 Å². The number of benzene rings is 1. The molecule has 1 aromatic rings. The number of nitrogens with one attached hydrogen (secondary N) is 1. The Hall–Kier alpha value is -1.39. The Morgan fingerprint density at radius 3 is 2.43 bits per heavy atom. The van der Waals surface area contributed by atoms with Crippen molar-refractivity contribution in [3.63, 3.8) is 0 Å². The van der Waals surface area contributed by atoms with E-state index in [0.29, 0.717) is 0 Å². The molecule has 4 N–H and O–H groups in total. The molecule has 0 radical (unpaired) electrons. The molecule has 0 saturated carbocycles. The van der Waals surface area contributed by atoms with Crippen LogP contribution in [0.15, 0.2) is 23.1 Å². The van der Waals surface area contributed by atoms with Crippen LogP contribution in [0.5, 0.6) is 0 Å². The van der Waals surface area contributed by atoms with Gasteiger partial charge in [0, 0.05) is 12.6 Å². The van der Waals surface area contributed by atoms with Crippen LogP contribution in [0, 0.1) is 5.82 Å². The van der Waals surface area contributed by atoms with Crippen molar-refractivity contribution in [2.24, 2.45) is 5.73 Å². The second-order valence-corrected chi connectivity index (χ2v) is 6.28. The highest BCUT2D eigenvalue weighted by atomic mass is 32.2. The van der Waals surface area contributed by atoms with Crippen LogP contribution in [-0.2, 0) is 9.84 Å². The molecule has 0 aromatic heterocycles. The minimum atomic E-state index is -5.70. The van der Waals surface area contributed by atoms with E-state index in [2.05, 4.69) is 5.32 Å². The number of halogens is 4. The van der Waals surface area contributed by atoms with Gasteiger partial charge in [-0.25, -0.2) is 12.8 Å². The van der Waals surface area contributed by atoms with Crippen LogP contribution in [0.2, 0.25) is 0 Å². The Labute approximate surface area is 118 Å². The molecule has 21 heavy (non-hydrogen) atoms. The first-order chi connectivity index (χ1) is 9.46. The minimum absolute atomic E-state index is 0.191. The topological polar surface area (TPSA) is 92.4 Å². The molecule has 5 nitrogen and oxygen atoms in total. The lowest BCUT2D eigenvalue weighted by molar-refractivity contribution is -0.0435. The van der Waals surface area contributed by atoms with Gasteiger partial charge in [0.15, 0.2) is 0 Å². The minimum Gasteiger partial charge on any atom is -0.392 e. The van der Waals surface area contributed by atoms with Crippen molar-refractivity contribution in [3.05, 3.63) is 24.0 Å². The van der Waals surface area contributed by atoms with E-state index in [-0.39, 0.29) is 12.6 Å². The molecule has 0 bridgehead atoms. The van der Waals surface area contributed by atoms with Crippen molar-refractivity contribution in [1.29, 1.82) is 0 Å². The molecule has 0 aliphatic rings. The molecule has 0 amide bonds. The molecule has 0 aliphatic carbocycles. The molecule has 0 aliphatic heterocycles. The summed E-state index contributed by atoms with van der Waals surface area (Å²) in [6, 6.07) is 1.12. The summed E-state index contributed by atoms with van der Waals surface area (Å²) in [6.45, 7) is 1.17. The predicted molar refractivity (Wildman–Crippen MR) is 67.8 cm³/mol. The average molecular weight is 330 g/mol. The maximum absolute atomic E-state index is 13.1. The van der Waals surface area contributed by atoms with Crippen LogP contribution < -0.4 is 11.1 Å². The van der Waals surface area contributed by atoms with Crippen LogP contribution >= 0.6 is 0 Å². The van der Waals surface area contributed by atoms with Gasteiger partial charge in [-0.2, -0.15) is 13.2 Å². The number of alkyl halides is 3. The summed E-state index contributed by atoms with van der Waals surface area (Å²) in [4.78, 5) is -1.23. The summed E-state index contributed by atoms with van der Waals surface area (Å²) in [5.41, 5.74) is -0.511. The molecule has 0 spiro atoms. The van der Waals surface area contributed by atoms with Crippen molar-refractivity contribution in [1.82, 2.24) is 0 Å². The van der Waals surface area contributed by atoms with Crippen molar-refractivity contribution in [2.45, 2.75) is 29.5 Å². The van der Waals surface area contributed by atoms with Gasteiger partial charge in [0.1, 0.15) is 10.7 Å². The molecule has 10 heteroatoms. The zero-order valence-electron chi connectivity index (χ0n) is 10.9. The van der Waals surface area contributed by atoms with Gasteiger partial charge in [-0.05, 0) is 25.1 Å². The van der Waals surface area contributed by atoms with E-state index in [1.807, 2.05) is 0 Å². The highest BCUT2D eigenvalue weighted by Crippen LogP contribution is 2.34. The molecule has 0 fully saturated rings. The maximum atomic E-state index is 13.1. The summed E-state index contributed by atoms with van der Waals surface area (Å²) in [5.74, 6) is -1.12. The molecule has 2 atom stereocenters. The molecular weight excluding hydrogens is 316 g/mol. The summed E-state index contributed by atoms with van der Waals surface area (Å²) in [7, 11) is -5.70. The number of rotatable bonds is 5. The molecule has 2 unspecified atom stereocenters. The fraction of sp³-hybridized carbons (Fsp3) is 0.455. The van der Waals surface area contributed by atoms with Crippen LogP contribution in [0.3, 0.4) is 0 Å². The Bertz CT molecular complexity index is 602. The first-order valence-electron chi connectivity index (χ1n) is 5.75. The van der Waals surface area contributed by atoms with E-state index in [4.69, 9.17) is 5.73 Å². The van der Waals surface area contributed by atoms with E-state index < -0.39 is 43.9 Å². The highest BCUT2D eigenvalue weighted by molar-refractivity contribution is 7.92. The summed E-state index contributed by atoms with van der Waals surface area (Å²) in [5, 5.41) is 11.5. The zero-order valence-corrected chi connectivity index (χ0v) is 11.7. The molecule has 0 saturated heterocycles. The standard InChI is InChI=1S/C11H14F4N2O3S/c1-6(18)8(16)5-17-9-3-2-7(12)4-10(9)21(19,20)11(13,14)15/h2-4,6,8,17-18H,5,16H2,1H3. The summed E-state index contributed by atoms with van der Waals surface area (Å²) >= 11 is 0. The van der Waals surface area contributed by atoms with Gasteiger partial charge >= 0.3 is 5.51 Å². The van der Waals surface area contributed by atoms with E-state index >= 15 is 0 Å². The van der Waals surface area contributed by atoms with E-state index in [0.717, 1.165) is 12.1 Å². The molecule has 1 aromatic carbocycles. The number of hydrogen-bond donors (Lipinski definition) is 3. The monoisotopic (exact) mass is 330 g/mol. The van der Waals surface area contributed by atoms with Crippen LogP contribution in [0.4, 0.5) is 23.2 Å². The summed E-state index contributed by atoms with van der Waals surface area (Å²) < 4.78 is 73.5. The Balaban J connectivity index is 3.18. The fourth-order valence-corrected chi connectivity index (χ4v) is 2.33. The summed E-state index contributed by atoms with van der Waals surface area (Å²) in [6.07, 6.45) is -0.958. The van der Waals surface area contributed by atoms with Crippen molar-refractivity contribution < 1.29 is 31.1 Å². The quantitative estimate of drug-likeness (QED) is 0.707. The number of hydrogen-bond acceptors (Lipinski definition) is 5. The third-order valence-corrected chi connectivity index (χ3v) is 4.21. The van der Waals surface area contributed by atoms with Crippen LogP contribution in [-0.4, -0.2) is 37.7 Å². The van der Waals surface area contributed by atoms with Gasteiger partial charge in [0.25, 0.3) is 9.84 Å². The first-order valence-corrected chi connectivity index (χ1v) is 7.23. The maximum Gasteiger partial charge on any atom is 0.501 e. The molecule has 120 valence electrons. The number of aliphatic hydroxyl groups excluding tert-OH is 1. The molecule has 0 heterocycles. The second-order valence-electron chi connectivity index (χ2n) is 4.38. The predicted octanol–water partition coefficient (Wildman–Crippen LogP) is 1.24.